The number of nitrogens with zero attached hydrogens (tertiary/aromatic N) is 1. The van der Waals surface area contributed by atoms with Crippen LogP contribution in [0.2, 0.25) is 0 Å². The Labute approximate surface area is 90.5 Å². The molecule has 0 aromatic heterocycles. The zero-order valence-corrected chi connectivity index (χ0v) is 9.62. The van der Waals surface area contributed by atoms with Gasteiger partial charge in [0.25, 0.3) is 0 Å². The van der Waals surface area contributed by atoms with Crippen LogP contribution in [0, 0.1) is 5.92 Å². The highest BCUT2D eigenvalue weighted by Crippen LogP contribution is 1.98. The molecule has 5 nitrogen and oxygen atoms in total. The Hall–Kier alpha value is -1.10. The molecule has 0 radical (unpaired) electrons. The number of carbonyl (C=O) groups excluding carboxylic acids is 1. The van der Waals surface area contributed by atoms with E-state index < -0.39 is 5.97 Å². The van der Waals surface area contributed by atoms with Crippen LogP contribution in [-0.2, 0) is 9.59 Å². The third kappa shape index (κ3) is 7.93. The highest BCUT2D eigenvalue weighted by Gasteiger charge is 2.12. The van der Waals surface area contributed by atoms with E-state index in [1.54, 1.807) is 6.92 Å². The topological polar surface area (TPSA) is 69.6 Å². The minimum Gasteiger partial charge on any atom is -0.481 e. The zero-order valence-electron chi connectivity index (χ0n) is 9.62. The largest absolute Gasteiger partial charge is 0.481 e. The minimum absolute atomic E-state index is 0.0310. The molecule has 88 valence electrons. The molecule has 0 bridgehead atoms. The van der Waals surface area contributed by atoms with E-state index in [0.717, 1.165) is 13.0 Å². The fourth-order valence-electron chi connectivity index (χ4n) is 1.25. The summed E-state index contributed by atoms with van der Waals surface area (Å²) in [6.45, 7) is 5.14. The third-order valence-electron chi connectivity index (χ3n) is 2.10. The van der Waals surface area contributed by atoms with Gasteiger partial charge < -0.3 is 15.3 Å². The van der Waals surface area contributed by atoms with Crippen LogP contribution in [0.4, 0.5) is 0 Å². The highest BCUT2D eigenvalue weighted by molar-refractivity contribution is 5.72. The van der Waals surface area contributed by atoms with Gasteiger partial charge in [-0.1, -0.05) is 6.92 Å². The van der Waals surface area contributed by atoms with E-state index in [9.17, 15) is 9.59 Å². The number of hydrogen-bond acceptors (Lipinski definition) is 3. The van der Waals surface area contributed by atoms with Gasteiger partial charge in [-0.2, -0.15) is 0 Å². The summed E-state index contributed by atoms with van der Waals surface area (Å²) in [4.78, 5) is 23.1. The van der Waals surface area contributed by atoms with Crippen molar-refractivity contribution in [1.82, 2.24) is 10.2 Å². The lowest BCUT2D eigenvalue weighted by Gasteiger charge is -2.18. The fourth-order valence-corrected chi connectivity index (χ4v) is 1.25. The highest BCUT2D eigenvalue weighted by atomic mass is 16.4. The van der Waals surface area contributed by atoms with Crippen molar-refractivity contribution >= 4 is 11.9 Å². The van der Waals surface area contributed by atoms with Gasteiger partial charge in [0.05, 0.1) is 5.92 Å². The molecular weight excluding hydrogens is 196 g/mol. The molecule has 1 amide bonds. The molecule has 0 aliphatic heterocycles. The van der Waals surface area contributed by atoms with E-state index in [1.807, 2.05) is 11.9 Å². The first kappa shape index (κ1) is 13.9. The van der Waals surface area contributed by atoms with Crippen molar-refractivity contribution in [2.75, 3.05) is 26.7 Å². The van der Waals surface area contributed by atoms with Gasteiger partial charge in [0, 0.05) is 20.0 Å². The zero-order chi connectivity index (χ0) is 11.8. The number of carboxylic acid groups (broad SMARTS) is 1. The van der Waals surface area contributed by atoms with Gasteiger partial charge in [-0.05, 0) is 20.0 Å². The first-order valence-electron chi connectivity index (χ1n) is 5.09. The fraction of sp³-hybridized carbons (Fsp3) is 0.800. The molecule has 5 heteroatoms. The molecule has 0 aromatic carbocycles. The molecule has 1 unspecified atom stereocenters. The van der Waals surface area contributed by atoms with E-state index in [4.69, 9.17) is 5.11 Å². The van der Waals surface area contributed by atoms with Crippen LogP contribution in [-0.4, -0.2) is 48.6 Å². The van der Waals surface area contributed by atoms with Gasteiger partial charge in [0.2, 0.25) is 5.91 Å². The first-order valence-corrected chi connectivity index (χ1v) is 5.09. The molecule has 0 heterocycles. The average Bonchev–Trinajstić information content (AvgIpc) is 2.12. The van der Waals surface area contributed by atoms with Crippen LogP contribution in [0.15, 0.2) is 0 Å². The van der Waals surface area contributed by atoms with Gasteiger partial charge in [-0.15, -0.1) is 0 Å². The predicted molar refractivity (Wildman–Crippen MR) is 57.6 cm³/mol. The lowest BCUT2D eigenvalue weighted by atomic mass is 10.2. The monoisotopic (exact) mass is 216 g/mol. The van der Waals surface area contributed by atoms with Crippen LogP contribution in [0.1, 0.15) is 20.3 Å². The number of carboxylic acids is 1. The molecule has 1 atom stereocenters. The molecule has 0 saturated heterocycles. The normalized spacial score (nSPS) is 12.5. The summed E-state index contributed by atoms with van der Waals surface area (Å²) < 4.78 is 0. The standard InChI is InChI=1S/C10H20N2O3/c1-8(10(14)15)7-12(3)6-4-5-11-9(2)13/h8H,4-7H2,1-3H3,(H,11,13)(H,14,15). The van der Waals surface area contributed by atoms with E-state index in [2.05, 4.69) is 5.32 Å². The van der Waals surface area contributed by atoms with Gasteiger partial charge in [0.15, 0.2) is 0 Å². The Morgan fingerprint density at radius 1 is 1.47 bits per heavy atom. The molecule has 0 aliphatic carbocycles. The Morgan fingerprint density at radius 2 is 2.07 bits per heavy atom. The summed E-state index contributed by atoms with van der Waals surface area (Å²) in [7, 11) is 1.88. The number of hydrogen-bond donors (Lipinski definition) is 2. The number of carbonyl (C=O) groups is 2. The molecular formula is C10H20N2O3. The summed E-state index contributed by atoms with van der Waals surface area (Å²) in [5.41, 5.74) is 0. The summed E-state index contributed by atoms with van der Waals surface area (Å²) in [6, 6.07) is 0. The maximum Gasteiger partial charge on any atom is 0.307 e. The van der Waals surface area contributed by atoms with Gasteiger partial charge >= 0.3 is 5.97 Å². The SMILES string of the molecule is CC(=O)NCCCN(C)CC(C)C(=O)O. The first-order chi connectivity index (χ1) is 6.93. The van der Waals surface area contributed by atoms with Crippen LogP contribution in [0.25, 0.3) is 0 Å². The molecule has 0 fully saturated rings. The summed E-state index contributed by atoms with van der Waals surface area (Å²) in [5, 5.41) is 11.4. The molecule has 0 spiro atoms. The summed E-state index contributed by atoms with van der Waals surface area (Å²) in [5.74, 6) is -1.16. The third-order valence-corrected chi connectivity index (χ3v) is 2.10. The lowest BCUT2D eigenvalue weighted by molar-refractivity contribution is -0.141. The maximum atomic E-state index is 10.6. The Morgan fingerprint density at radius 3 is 2.53 bits per heavy atom. The molecule has 15 heavy (non-hydrogen) atoms. The van der Waals surface area contributed by atoms with Crippen LogP contribution in [0.3, 0.4) is 0 Å². The van der Waals surface area contributed by atoms with Gasteiger partial charge in [-0.3, -0.25) is 9.59 Å². The van der Waals surface area contributed by atoms with E-state index >= 15 is 0 Å². The van der Waals surface area contributed by atoms with Crippen molar-refractivity contribution in [1.29, 1.82) is 0 Å². The molecule has 0 rings (SSSR count). The van der Waals surface area contributed by atoms with E-state index in [1.165, 1.54) is 6.92 Å². The maximum absolute atomic E-state index is 10.6. The molecule has 2 N–H and O–H groups in total. The second-order valence-corrected chi connectivity index (χ2v) is 3.84. The summed E-state index contributed by atoms with van der Waals surface area (Å²) >= 11 is 0. The molecule has 0 aliphatic rings. The average molecular weight is 216 g/mol. The summed E-state index contributed by atoms with van der Waals surface area (Å²) in [6.07, 6.45) is 0.836. The van der Waals surface area contributed by atoms with Crippen LogP contribution >= 0.6 is 0 Å². The van der Waals surface area contributed by atoms with E-state index in [-0.39, 0.29) is 11.8 Å². The second kappa shape index (κ2) is 7.23. The second-order valence-electron chi connectivity index (χ2n) is 3.84. The van der Waals surface area contributed by atoms with Crippen molar-refractivity contribution in [3.8, 4) is 0 Å². The number of aliphatic carboxylic acids is 1. The smallest absolute Gasteiger partial charge is 0.307 e. The Kier molecular flexibility index (Phi) is 6.70. The number of nitrogens with one attached hydrogen (secondary N) is 1. The van der Waals surface area contributed by atoms with Crippen molar-refractivity contribution in [2.45, 2.75) is 20.3 Å². The van der Waals surface area contributed by atoms with Gasteiger partial charge in [0.1, 0.15) is 0 Å². The lowest BCUT2D eigenvalue weighted by Crippen LogP contribution is -2.31. The number of rotatable bonds is 7. The van der Waals surface area contributed by atoms with Crippen molar-refractivity contribution in [2.24, 2.45) is 5.92 Å². The van der Waals surface area contributed by atoms with Crippen LogP contribution in [0.5, 0.6) is 0 Å². The van der Waals surface area contributed by atoms with Crippen molar-refractivity contribution in [3.63, 3.8) is 0 Å². The quantitative estimate of drug-likeness (QED) is 0.595. The van der Waals surface area contributed by atoms with Crippen LogP contribution < -0.4 is 5.32 Å². The Balaban J connectivity index is 3.53. The van der Waals surface area contributed by atoms with Crippen molar-refractivity contribution < 1.29 is 14.7 Å². The van der Waals surface area contributed by atoms with Gasteiger partial charge in [-0.25, -0.2) is 0 Å². The number of amides is 1. The Bertz CT molecular complexity index is 219. The van der Waals surface area contributed by atoms with E-state index in [0.29, 0.717) is 13.1 Å². The predicted octanol–water partition coefficient (Wildman–Crippen LogP) is 0.165. The molecule has 0 saturated carbocycles. The van der Waals surface area contributed by atoms with Crippen molar-refractivity contribution in [3.05, 3.63) is 0 Å². The molecule has 0 aromatic rings. The minimum atomic E-state index is -0.774.